The van der Waals surface area contributed by atoms with Crippen molar-refractivity contribution >= 4 is 27.3 Å². The number of benzene rings is 3. The van der Waals surface area contributed by atoms with Crippen LogP contribution in [0.2, 0.25) is 0 Å². The van der Waals surface area contributed by atoms with Crippen LogP contribution in [0.5, 0.6) is 5.75 Å². The van der Waals surface area contributed by atoms with Gasteiger partial charge in [-0.05, 0) is 55.0 Å². The Bertz CT molecular complexity index is 1160. The van der Waals surface area contributed by atoms with Crippen LogP contribution in [0.1, 0.15) is 15.9 Å². The molecule has 3 aromatic rings. The van der Waals surface area contributed by atoms with Crippen LogP contribution >= 0.6 is 0 Å². The van der Waals surface area contributed by atoms with Crippen molar-refractivity contribution in [2.75, 3.05) is 17.1 Å². The van der Waals surface area contributed by atoms with Gasteiger partial charge in [0.15, 0.2) is 0 Å². The second-order valence-electron chi connectivity index (χ2n) is 6.27. The maximum absolute atomic E-state index is 13.8. The lowest BCUT2D eigenvalue weighted by Crippen LogP contribution is -2.16. The van der Waals surface area contributed by atoms with Crippen LogP contribution in [-0.4, -0.2) is 21.4 Å². The van der Waals surface area contributed by atoms with E-state index in [-0.39, 0.29) is 16.1 Å². The van der Waals surface area contributed by atoms with Gasteiger partial charge in [0.2, 0.25) is 0 Å². The fourth-order valence-corrected chi connectivity index (χ4v) is 3.78. The minimum atomic E-state index is -4.08. The van der Waals surface area contributed by atoms with E-state index in [0.717, 1.165) is 11.6 Å². The van der Waals surface area contributed by atoms with Crippen molar-refractivity contribution in [2.24, 2.45) is 0 Å². The first-order chi connectivity index (χ1) is 13.8. The summed E-state index contributed by atoms with van der Waals surface area (Å²) in [6, 6.07) is 16.2. The summed E-state index contributed by atoms with van der Waals surface area (Å²) in [4.78, 5) is 12.5. The Morgan fingerprint density at radius 1 is 0.966 bits per heavy atom. The largest absolute Gasteiger partial charge is 0.495 e. The highest BCUT2D eigenvalue weighted by atomic mass is 32.2. The van der Waals surface area contributed by atoms with Crippen LogP contribution in [0.25, 0.3) is 0 Å². The second kappa shape index (κ2) is 8.32. The summed E-state index contributed by atoms with van der Waals surface area (Å²) < 4.78 is 46.4. The molecule has 0 aliphatic carbocycles. The number of sulfonamides is 1. The quantitative estimate of drug-likeness (QED) is 0.633. The van der Waals surface area contributed by atoms with Crippen molar-refractivity contribution in [3.63, 3.8) is 0 Å². The zero-order valence-electron chi connectivity index (χ0n) is 15.8. The third-order valence-electron chi connectivity index (χ3n) is 4.13. The Morgan fingerprint density at radius 2 is 1.72 bits per heavy atom. The molecule has 0 aliphatic rings. The second-order valence-corrected chi connectivity index (χ2v) is 7.95. The highest BCUT2D eigenvalue weighted by Crippen LogP contribution is 2.26. The van der Waals surface area contributed by atoms with Gasteiger partial charge < -0.3 is 10.1 Å². The number of para-hydroxylation sites is 1. The molecule has 0 spiro atoms. The standard InChI is InChI=1S/C21H19FN2O4S/c1-14-10-11-20(28-2)19(12-14)23-21(25)15-6-5-7-16(13-15)29(26,27)24-18-9-4-3-8-17(18)22/h3-13,24H,1-2H3,(H,23,25). The summed E-state index contributed by atoms with van der Waals surface area (Å²) in [5.74, 6) is -0.720. The molecule has 29 heavy (non-hydrogen) atoms. The lowest BCUT2D eigenvalue weighted by atomic mass is 10.1. The van der Waals surface area contributed by atoms with Gasteiger partial charge in [-0.3, -0.25) is 9.52 Å². The number of methoxy groups -OCH3 is 1. The van der Waals surface area contributed by atoms with Gasteiger partial charge in [-0.25, -0.2) is 12.8 Å². The minimum absolute atomic E-state index is 0.130. The van der Waals surface area contributed by atoms with Gasteiger partial charge in [0.05, 0.1) is 23.4 Å². The molecular weight excluding hydrogens is 395 g/mol. The van der Waals surface area contributed by atoms with Crippen LogP contribution in [0.3, 0.4) is 0 Å². The minimum Gasteiger partial charge on any atom is -0.495 e. The Kier molecular flexibility index (Phi) is 5.84. The number of carbonyl (C=O) groups is 1. The maximum Gasteiger partial charge on any atom is 0.262 e. The summed E-state index contributed by atoms with van der Waals surface area (Å²) in [7, 11) is -2.59. The number of anilines is 2. The predicted octanol–water partition coefficient (Wildman–Crippen LogP) is 4.20. The fourth-order valence-electron chi connectivity index (χ4n) is 2.67. The highest BCUT2D eigenvalue weighted by Gasteiger charge is 2.18. The highest BCUT2D eigenvalue weighted by molar-refractivity contribution is 7.92. The van der Waals surface area contributed by atoms with Crippen LogP contribution in [0, 0.1) is 12.7 Å². The lowest BCUT2D eigenvalue weighted by molar-refractivity contribution is 0.102. The summed E-state index contributed by atoms with van der Waals surface area (Å²) in [5, 5.41) is 2.72. The number of halogens is 1. The molecule has 0 bridgehead atoms. The van der Waals surface area contributed by atoms with E-state index >= 15 is 0 Å². The third kappa shape index (κ3) is 4.72. The summed E-state index contributed by atoms with van der Waals surface area (Å²) in [6.07, 6.45) is 0. The molecule has 6 nitrogen and oxygen atoms in total. The molecule has 8 heteroatoms. The number of hydrogen-bond donors (Lipinski definition) is 2. The van der Waals surface area contributed by atoms with Gasteiger partial charge in [0.1, 0.15) is 11.6 Å². The molecule has 0 unspecified atom stereocenters. The Morgan fingerprint density at radius 3 is 2.45 bits per heavy atom. The molecule has 0 heterocycles. The number of amides is 1. The molecule has 0 aromatic heterocycles. The maximum atomic E-state index is 13.8. The van der Waals surface area contributed by atoms with E-state index in [1.807, 2.05) is 13.0 Å². The van der Waals surface area contributed by atoms with Gasteiger partial charge in [0.25, 0.3) is 15.9 Å². The number of aryl methyl sites for hydroxylation is 1. The smallest absolute Gasteiger partial charge is 0.262 e. The van der Waals surface area contributed by atoms with Crippen molar-refractivity contribution in [2.45, 2.75) is 11.8 Å². The average molecular weight is 414 g/mol. The van der Waals surface area contributed by atoms with E-state index in [9.17, 15) is 17.6 Å². The molecule has 1 amide bonds. The lowest BCUT2D eigenvalue weighted by Gasteiger charge is -2.12. The van der Waals surface area contributed by atoms with E-state index in [0.29, 0.717) is 11.4 Å². The van der Waals surface area contributed by atoms with Crippen LogP contribution in [0.4, 0.5) is 15.8 Å². The van der Waals surface area contributed by atoms with Crippen molar-refractivity contribution in [3.05, 3.63) is 83.7 Å². The normalized spacial score (nSPS) is 11.0. The first kappa shape index (κ1) is 20.3. The fraction of sp³-hybridized carbons (Fsp3) is 0.0952. The molecule has 3 aromatic carbocycles. The van der Waals surface area contributed by atoms with E-state index in [1.54, 1.807) is 12.1 Å². The van der Waals surface area contributed by atoms with E-state index < -0.39 is 21.7 Å². The molecule has 0 atom stereocenters. The molecular formula is C21H19FN2O4S. The van der Waals surface area contributed by atoms with Crippen LogP contribution in [-0.2, 0) is 10.0 Å². The van der Waals surface area contributed by atoms with Crippen molar-refractivity contribution < 1.29 is 22.3 Å². The van der Waals surface area contributed by atoms with Crippen LogP contribution < -0.4 is 14.8 Å². The van der Waals surface area contributed by atoms with Crippen molar-refractivity contribution in [1.82, 2.24) is 0 Å². The van der Waals surface area contributed by atoms with E-state index in [4.69, 9.17) is 4.74 Å². The molecule has 0 radical (unpaired) electrons. The molecule has 0 saturated heterocycles. The van der Waals surface area contributed by atoms with Crippen molar-refractivity contribution in [3.8, 4) is 5.75 Å². The number of rotatable bonds is 6. The Hall–Kier alpha value is -3.39. The van der Waals surface area contributed by atoms with Crippen LogP contribution in [0.15, 0.2) is 71.6 Å². The first-order valence-electron chi connectivity index (χ1n) is 8.63. The van der Waals surface area contributed by atoms with E-state index in [2.05, 4.69) is 10.0 Å². The zero-order chi connectivity index (χ0) is 21.0. The Labute approximate surface area is 168 Å². The molecule has 0 saturated carbocycles. The summed E-state index contributed by atoms with van der Waals surface area (Å²) >= 11 is 0. The monoisotopic (exact) mass is 414 g/mol. The summed E-state index contributed by atoms with van der Waals surface area (Å²) in [6.45, 7) is 1.87. The SMILES string of the molecule is COc1ccc(C)cc1NC(=O)c1cccc(S(=O)(=O)Nc2ccccc2F)c1. The summed E-state index contributed by atoms with van der Waals surface area (Å²) in [5.41, 5.74) is 1.35. The topological polar surface area (TPSA) is 84.5 Å². The molecule has 2 N–H and O–H groups in total. The van der Waals surface area contributed by atoms with Gasteiger partial charge in [0, 0.05) is 5.56 Å². The first-order valence-corrected chi connectivity index (χ1v) is 10.1. The number of nitrogens with one attached hydrogen (secondary N) is 2. The zero-order valence-corrected chi connectivity index (χ0v) is 16.6. The van der Waals surface area contributed by atoms with Crippen molar-refractivity contribution in [1.29, 1.82) is 0 Å². The Balaban J connectivity index is 1.86. The molecule has 0 aliphatic heterocycles. The predicted molar refractivity (Wildman–Crippen MR) is 109 cm³/mol. The average Bonchev–Trinajstić information content (AvgIpc) is 2.70. The van der Waals surface area contributed by atoms with Gasteiger partial charge in [-0.15, -0.1) is 0 Å². The number of carbonyl (C=O) groups excluding carboxylic acids is 1. The van der Waals surface area contributed by atoms with Gasteiger partial charge >= 0.3 is 0 Å². The number of ether oxygens (including phenoxy) is 1. The molecule has 3 rings (SSSR count). The van der Waals surface area contributed by atoms with E-state index in [1.165, 1.54) is 49.6 Å². The van der Waals surface area contributed by atoms with Gasteiger partial charge in [-0.1, -0.05) is 24.3 Å². The third-order valence-corrected chi connectivity index (χ3v) is 5.49. The number of hydrogen-bond acceptors (Lipinski definition) is 4. The molecule has 0 fully saturated rings. The molecule has 150 valence electrons. The van der Waals surface area contributed by atoms with Gasteiger partial charge in [-0.2, -0.15) is 0 Å².